The summed E-state index contributed by atoms with van der Waals surface area (Å²) < 4.78 is 11.1. The summed E-state index contributed by atoms with van der Waals surface area (Å²) in [5.41, 5.74) is 1.32. The Morgan fingerprint density at radius 2 is 1.43 bits per heavy atom. The van der Waals surface area contributed by atoms with Crippen molar-refractivity contribution >= 4 is 13.2 Å². The molecule has 0 atom stereocenters. The molecule has 3 nitrogen and oxygen atoms in total. The molecular formula is C25H44BrO3P. The van der Waals surface area contributed by atoms with E-state index in [-0.39, 0.29) is 23.0 Å². The van der Waals surface area contributed by atoms with E-state index in [9.17, 15) is 4.79 Å². The molecule has 0 aliphatic heterocycles. The van der Waals surface area contributed by atoms with E-state index in [0.717, 1.165) is 6.16 Å². The Morgan fingerprint density at radius 1 is 0.933 bits per heavy atom. The van der Waals surface area contributed by atoms with Gasteiger partial charge in [0.05, 0.1) is 31.8 Å². The second kappa shape index (κ2) is 14.5. The molecular weight excluding hydrogens is 459 g/mol. The molecule has 0 heterocycles. The van der Waals surface area contributed by atoms with Gasteiger partial charge in [-0.25, -0.2) is 4.79 Å². The molecule has 0 aliphatic carbocycles. The maximum Gasteiger partial charge on any atom is 0.342 e. The second-order valence-electron chi connectivity index (χ2n) is 9.27. The maximum atomic E-state index is 12.6. The summed E-state index contributed by atoms with van der Waals surface area (Å²) in [6.07, 6.45) is 13.1. The van der Waals surface area contributed by atoms with Gasteiger partial charge in [-0.3, -0.25) is 0 Å². The first-order chi connectivity index (χ1) is 13.7. The average molecular weight is 504 g/mol. The SMILES string of the molecule is CCCC[P+](CCCC)(CCCC)Cc1ccc(C(=O)OC(C)(C)C)c(OC)c1.[Br-]. The number of esters is 1. The lowest BCUT2D eigenvalue weighted by Crippen LogP contribution is -3.00. The molecule has 0 N–H and O–H groups in total. The van der Waals surface area contributed by atoms with E-state index in [4.69, 9.17) is 9.47 Å². The third-order valence-electron chi connectivity index (χ3n) is 5.36. The monoisotopic (exact) mass is 502 g/mol. The fraction of sp³-hybridized carbons (Fsp3) is 0.720. The van der Waals surface area contributed by atoms with Gasteiger partial charge in [0, 0.05) is 7.26 Å². The first-order valence-electron chi connectivity index (χ1n) is 11.5. The standard InChI is InChI=1S/C25H44O3P.BrH/c1-8-11-16-29(17-12-9-2,18-13-10-3)20-21-14-15-22(23(19-21)27-7)24(26)28-25(4,5)6;/h14-15,19H,8-13,16-18,20H2,1-7H3;1H/q+1;/p-1. The zero-order valence-electron chi connectivity index (χ0n) is 20.4. The smallest absolute Gasteiger partial charge is 0.342 e. The highest BCUT2D eigenvalue weighted by Crippen LogP contribution is 2.63. The molecule has 5 heteroatoms. The van der Waals surface area contributed by atoms with Gasteiger partial charge < -0.3 is 26.5 Å². The van der Waals surface area contributed by atoms with Crippen LogP contribution in [0.1, 0.15) is 96.0 Å². The van der Waals surface area contributed by atoms with E-state index < -0.39 is 12.9 Å². The zero-order chi connectivity index (χ0) is 21.9. The largest absolute Gasteiger partial charge is 1.00 e. The molecule has 1 rings (SSSR count). The van der Waals surface area contributed by atoms with E-state index >= 15 is 0 Å². The van der Waals surface area contributed by atoms with Crippen LogP contribution < -0.4 is 21.7 Å². The van der Waals surface area contributed by atoms with Crippen molar-refractivity contribution in [2.75, 3.05) is 25.6 Å². The molecule has 0 fully saturated rings. The van der Waals surface area contributed by atoms with E-state index in [1.54, 1.807) is 7.11 Å². The average Bonchev–Trinajstić information content (AvgIpc) is 2.67. The molecule has 1 aromatic rings. The van der Waals surface area contributed by atoms with Crippen molar-refractivity contribution in [2.24, 2.45) is 0 Å². The topological polar surface area (TPSA) is 35.5 Å². The normalized spacial score (nSPS) is 11.7. The predicted molar refractivity (Wildman–Crippen MR) is 128 cm³/mol. The number of carbonyl (C=O) groups excluding carboxylic acids is 1. The number of ether oxygens (including phenoxy) is 2. The van der Waals surface area contributed by atoms with Crippen molar-refractivity contribution in [2.45, 2.75) is 91.8 Å². The van der Waals surface area contributed by atoms with Crippen LogP contribution in [0.3, 0.4) is 0 Å². The lowest BCUT2D eigenvalue weighted by atomic mass is 10.1. The van der Waals surface area contributed by atoms with Crippen LogP contribution >= 0.6 is 7.26 Å². The Labute approximate surface area is 196 Å². The zero-order valence-corrected chi connectivity index (χ0v) is 22.8. The lowest BCUT2D eigenvalue weighted by Gasteiger charge is -2.28. The Hall–Kier alpha value is -0.600. The molecule has 0 bridgehead atoms. The minimum absolute atomic E-state index is 0. The van der Waals surface area contributed by atoms with Crippen molar-refractivity contribution in [1.29, 1.82) is 0 Å². The molecule has 0 amide bonds. The number of methoxy groups -OCH3 is 1. The van der Waals surface area contributed by atoms with Crippen LogP contribution in [0, 0.1) is 0 Å². The highest BCUT2D eigenvalue weighted by atomic mass is 79.9. The van der Waals surface area contributed by atoms with Gasteiger partial charge in [-0.1, -0.05) is 46.1 Å². The highest BCUT2D eigenvalue weighted by Gasteiger charge is 2.36. The van der Waals surface area contributed by atoms with E-state index in [1.165, 1.54) is 62.6 Å². The van der Waals surface area contributed by atoms with Crippen LogP contribution in [0.25, 0.3) is 0 Å². The summed E-state index contributed by atoms with van der Waals surface area (Å²) in [4.78, 5) is 12.6. The number of carbonyl (C=O) groups is 1. The van der Waals surface area contributed by atoms with Gasteiger partial charge in [0.15, 0.2) is 0 Å². The summed E-state index contributed by atoms with van der Waals surface area (Å²) in [5.74, 6) is 0.321. The highest BCUT2D eigenvalue weighted by molar-refractivity contribution is 7.75. The van der Waals surface area contributed by atoms with Crippen LogP contribution in [-0.2, 0) is 10.9 Å². The number of benzene rings is 1. The minimum atomic E-state index is -1.04. The number of hydrogen-bond acceptors (Lipinski definition) is 3. The quantitative estimate of drug-likeness (QED) is 0.292. The van der Waals surface area contributed by atoms with Crippen molar-refractivity contribution in [3.8, 4) is 5.75 Å². The van der Waals surface area contributed by atoms with Crippen LogP contribution in [0.15, 0.2) is 18.2 Å². The Morgan fingerprint density at radius 3 is 1.83 bits per heavy atom. The van der Waals surface area contributed by atoms with E-state index in [0.29, 0.717) is 11.3 Å². The van der Waals surface area contributed by atoms with Crippen LogP contribution in [0.2, 0.25) is 0 Å². The van der Waals surface area contributed by atoms with Gasteiger partial charge >= 0.3 is 5.97 Å². The number of hydrogen-bond donors (Lipinski definition) is 0. The van der Waals surface area contributed by atoms with Crippen LogP contribution in [0.4, 0.5) is 0 Å². The van der Waals surface area contributed by atoms with Gasteiger partial charge in [-0.2, -0.15) is 0 Å². The van der Waals surface area contributed by atoms with Crippen LogP contribution in [0.5, 0.6) is 5.75 Å². The molecule has 0 saturated carbocycles. The summed E-state index contributed by atoms with van der Waals surface area (Å²) in [5, 5.41) is 0. The molecule has 174 valence electrons. The molecule has 0 spiro atoms. The number of unbranched alkanes of at least 4 members (excludes halogenated alkanes) is 3. The van der Waals surface area contributed by atoms with Crippen molar-refractivity contribution in [1.82, 2.24) is 0 Å². The van der Waals surface area contributed by atoms with Crippen LogP contribution in [-0.4, -0.2) is 37.2 Å². The fourth-order valence-corrected chi connectivity index (χ4v) is 8.85. The van der Waals surface area contributed by atoms with Gasteiger partial charge in [0.25, 0.3) is 0 Å². The Bertz CT molecular complexity index is 604. The molecule has 1 aromatic carbocycles. The summed E-state index contributed by atoms with van der Waals surface area (Å²) in [7, 11) is 0.597. The molecule has 0 radical (unpaired) electrons. The predicted octanol–water partition coefficient (Wildman–Crippen LogP) is 4.57. The molecule has 30 heavy (non-hydrogen) atoms. The Balaban J connectivity index is 0.00000841. The van der Waals surface area contributed by atoms with Gasteiger partial charge in [-0.15, -0.1) is 0 Å². The minimum Gasteiger partial charge on any atom is -1.00 e. The molecule has 0 saturated heterocycles. The van der Waals surface area contributed by atoms with Crippen molar-refractivity contribution in [3.05, 3.63) is 29.3 Å². The number of rotatable bonds is 13. The van der Waals surface area contributed by atoms with Gasteiger partial charge in [0.2, 0.25) is 0 Å². The third-order valence-corrected chi connectivity index (χ3v) is 10.2. The second-order valence-corrected chi connectivity index (χ2v) is 13.6. The summed E-state index contributed by atoms with van der Waals surface area (Å²) >= 11 is 0. The van der Waals surface area contributed by atoms with Gasteiger partial charge in [0.1, 0.15) is 16.9 Å². The summed E-state index contributed by atoms with van der Waals surface area (Å²) in [6, 6.07) is 6.11. The first kappa shape index (κ1) is 29.4. The Kier molecular flexibility index (Phi) is 14.2. The maximum absolute atomic E-state index is 12.6. The van der Waals surface area contributed by atoms with Crippen molar-refractivity contribution < 1.29 is 31.2 Å². The fourth-order valence-electron chi connectivity index (χ4n) is 3.78. The van der Waals surface area contributed by atoms with Crippen molar-refractivity contribution in [3.63, 3.8) is 0 Å². The van der Waals surface area contributed by atoms with E-state index in [1.807, 2.05) is 26.8 Å². The summed E-state index contributed by atoms with van der Waals surface area (Å²) in [6.45, 7) is 12.6. The lowest BCUT2D eigenvalue weighted by molar-refractivity contribution is -0.000193. The third kappa shape index (κ3) is 10.1. The first-order valence-corrected chi connectivity index (χ1v) is 14.0. The number of halogens is 1. The van der Waals surface area contributed by atoms with Gasteiger partial charge in [-0.05, 0) is 57.7 Å². The molecule has 0 aromatic heterocycles. The molecule has 0 unspecified atom stereocenters. The van der Waals surface area contributed by atoms with E-state index in [2.05, 4.69) is 32.9 Å². The molecule has 0 aliphatic rings.